The first-order chi connectivity index (χ1) is 13.2. The van der Waals surface area contributed by atoms with Crippen LogP contribution >= 0.6 is 0 Å². The molecule has 2 N–H and O–H groups in total. The maximum absolute atomic E-state index is 13.0. The van der Waals surface area contributed by atoms with Gasteiger partial charge < -0.3 is 0 Å². The van der Waals surface area contributed by atoms with Crippen molar-refractivity contribution in [2.45, 2.75) is 16.7 Å². The fraction of sp³-hybridized carbons (Fsp3) is 0.0526. The maximum atomic E-state index is 13.0. The topological polar surface area (TPSA) is 92.3 Å². The fourth-order valence-corrected chi connectivity index (χ4v) is 4.56. The van der Waals surface area contributed by atoms with Crippen LogP contribution in [0, 0.1) is 12.7 Å². The lowest BCUT2D eigenvalue weighted by molar-refractivity contribution is 0.599. The molecule has 0 aromatic heterocycles. The Kier molecular flexibility index (Phi) is 5.39. The molecule has 0 radical (unpaired) electrons. The molecule has 0 amide bonds. The van der Waals surface area contributed by atoms with E-state index in [2.05, 4.69) is 9.44 Å². The lowest BCUT2D eigenvalue weighted by Crippen LogP contribution is -2.14. The highest BCUT2D eigenvalue weighted by atomic mass is 32.2. The van der Waals surface area contributed by atoms with Crippen LogP contribution in [-0.2, 0) is 20.0 Å². The van der Waals surface area contributed by atoms with E-state index in [1.807, 2.05) is 13.0 Å². The summed E-state index contributed by atoms with van der Waals surface area (Å²) < 4.78 is 67.3. The van der Waals surface area contributed by atoms with E-state index >= 15 is 0 Å². The highest BCUT2D eigenvalue weighted by molar-refractivity contribution is 7.93. The molecule has 0 saturated carbocycles. The molecule has 0 atom stereocenters. The van der Waals surface area contributed by atoms with Gasteiger partial charge in [0.05, 0.1) is 9.79 Å². The third-order valence-corrected chi connectivity index (χ3v) is 6.61. The van der Waals surface area contributed by atoms with Gasteiger partial charge in [0, 0.05) is 11.4 Å². The second-order valence-corrected chi connectivity index (χ2v) is 9.42. The van der Waals surface area contributed by atoms with Gasteiger partial charge in [-0.25, -0.2) is 21.2 Å². The zero-order valence-corrected chi connectivity index (χ0v) is 16.4. The van der Waals surface area contributed by atoms with E-state index in [9.17, 15) is 21.2 Å². The number of halogens is 1. The van der Waals surface area contributed by atoms with Gasteiger partial charge in [0.1, 0.15) is 5.82 Å². The lowest BCUT2D eigenvalue weighted by Gasteiger charge is -2.11. The van der Waals surface area contributed by atoms with Gasteiger partial charge >= 0.3 is 0 Å². The smallest absolute Gasteiger partial charge is 0.261 e. The summed E-state index contributed by atoms with van der Waals surface area (Å²) in [5.41, 5.74) is 1.52. The molecule has 3 rings (SSSR count). The van der Waals surface area contributed by atoms with E-state index in [1.54, 1.807) is 18.2 Å². The van der Waals surface area contributed by atoms with E-state index in [4.69, 9.17) is 0 Å². The van der Waals surface area contributed by atoms with Crippen molar-refractivity contribution in [3.63, 3.8) is 0 Å². The summed E-state index contributed by atoms with van der Waals surface area (Å²) in [5.74, 6) is -0.547. The summed E-state index contributed by atoms with van der Waals surface area (Å²) in [6, 6.07) is 16.5. The molecule has 0 bridgehead atoms. The minimum absolute atomic E-state index is 0.0151. The Morgan fingerprint density at radius 1 is 0.679 bits per heavy atom. The molecule has 6 nitrogen and oxygen atoms in total. The SMILES string of the molecule is Cc1cccc(NS(=O)(=O)c2ccc(NS(=O)(=O)c3ccc(F)cc3)cc2)c1. The molecule has 9 heteroatoms. The third kappa shape index (κ3) is 4.68. The normalized spacial score (nSPS) is 11.8. The summed E-state index contributed by atoms with van der Waals surface area (Å²) >= 11 is 0. The number of rotatable bonds is 6. The van der Waals surface area contributed by atoms with Gasteiger partial charge in [-0.3, -0.25) is 9.44 Å². The molecular weight excluding hydrogens is 403 g/mol. The van der Waals surface area contributed by atoms with Crippen LogP contribution in [0.3, 0.4) is 0 Å². The van der Waals surface area contributed by atoms with Crippen LogP contribution in [0.4, 0.5) is 15.8 Å². The summed E-state index contributed by atoms with van der Waals surface area (Å²) in [6.07, 6.45) is 0. The molecule has 146 valence electrons. The first-order valence-corrected chi connectivity index (χ1v) is 11.1. The highest BCUT2D eigenvalue weighted by Crippen LogP contribution is 2.21. The van der Waals surface area contributed by atoms with Crippen LogP contribution in [0.1, 0.15) is 5.56 Å². The van der Waals surface area contributed by atoms with Crippen molar-refractivity contribution in [3.05, 3.63) is 84.2 Å². The van der Waals surface area contributed by atoms with Crippen molar-refractivity contribution in [1.29, 1.82) is 0 Å². The summed E-state index contributed by atoms with van der Waals surface area (Å²) in [7, 11) is -7.73. The Bertz CT molecular complexity index is 1190. The Labute approximate surface area is 163 Å². The van der Waals surface area contributed by atoms with Crippen molar-refractivity contribution >= 4 is 31.4 Å². The first-order valence-electron chi connectivity index (χ1n) is 8.14. The van der Waals surface area contributed by atoms with E-state index < -0.39 is 25.9 Å². The summed E-state index contributed by atoms with van der Waals surface area (Å²) in [6.45, 7) is 1.85. The number of benzene rings is 3. The quantitative estimate of drug-likeness (QED) is 0.635. The van der Waals surface area contributed by atoms with Crippen molar-refractivity contribution < 1.29 is 21.2 Å². The van der Waals surface area contributed by atoms with Gasteiger partial charge in [0.2, 0.25) is 0 Å². The van der Waals surface area contributed by atoms with Crippen molar-refractivity contribution in [3.8, 4) is 0 Å². The Morgan fingerprint density at radius 2 is 1.18 bits per heavy atom. The summed E-state index contributed by atoms with van der Waals surface area (Å²) in [4.78, 5) is -0.120. The minimum Gasteiger partial charge on any atom is -0.280 e. The van der Waals surface area contributed by atoms with Crippen LogP contribution in [-0.4, -0.2) is 16.8 Å². The van der Waals surface area contributed by atoms with Gasteiger partial charge in [-0.2, -0.15) is 0 Å². The molecule has 0 aliphatic carbocycles. The predicted octanol–water partition coefficient (Wildman–Crippen LogP) is 3.74. The zero-order chi connectivity index (χ0) is 20.4. The van der Waals surface area contributed by atoms with Gasteiger partial charge in [-0.15, -0.1) is 0 Å². The fourth-order valence-electron chi connectivity index (χ4n) is 2.45. The Balaban J connectivity index is 1.78. The molecule has 0 unspecified atom stereocenters. The van der Waals surface area contributed by atoms with Crippen molar-refractivity contribution in [2.75, 3.05) is 9.44 Å². The highest BCUT2D eigenvalue weighted by Gasteiger charge is 2.17. The van der Waals surface area contributed by atoms with Crippen molar-refractivity contribution in [2.24, 2.45) is 0 Å². The molecule has 0 fully saturated rings. The Hall–Kier alpha value is -2.91. The zero-order valence-electron chi connectivity index (χ0n) is 14.8. The number of nitrogens with one attached hydrogen (secondary N) is 2. The van der Waals surface area contributed by atoms with Crippen LogP contribution < -0.4 is 9.44 Å². The molecule has 0 aliphatic rings. The van der Waals surface area contributed by atoms with E-state index in [1.165, 1.54) is 24.3 Å². The number of sulfonamides is 2. The molecule has 0 saturated heterocycles. The average molecular weight is 420 g/mol. The lowest BCUT2D eigenvalue weighted by atomic mass is 10.2. The van der Waals surface area contributed by atoms with Gasteiger partial charge in [0.15, 0.2) is 0 Å². The average Bonchev–Trinajstić information content (AvgIpc) is 2.62. The molecule has 0 aliphatic heterocycles. The molecular formula is C19H17FN2O4S2. The predicted molar refractivity (Wildman–Crippen MR) is 106 cm³/mol. The van der Waals surface area contributed by atoms with E-state index in [0.717, 1.165) is 29.8 Å². The number of hydrogen-bond donors (Lipinski definition) is 2. The maximum Gasteiger partial charge on any atom is 0.261 e. The molecule has 0 heterocycles. The monoisotopic (exact) mass is 420 g/mol. The second-order valence-electron chi connectivity index (χ2n) is 6.06. The third-order valence-electron chi connectivity index (χ3n) is 3.81. The number of aryl methyl sites for hydroxylation is 1. The van der Waals surface area contributed by atoms with E-state index in [0.29, 0.717) is 5.69 Å². The van der Waals surface area contributed by atoms with Crippen LogP contribution in [0.25, 0.3) is 0 Å². The van der Waals surface area contributed by atoms with Gasteiger partial charge in [0.25, 0.3) is 20.0 Å². The van der Waals surface area contributed by atoms with Crippen LogP contribution in [0.15, 0.2) is 82.6 Å². The minimum atomic E-state index is -3.91. The second kappa shape index (κ2) is 7.61. The largest absolute Gasteiger partial charge is 0.280 e. The standard InChI is InChI=1S/C19H17FN2O4S2/c1-14-3-2-4-17(13-14)22-28(25,26)19-11-7-16(8-12-19)21-27(23,24)18-9-5-15(20)6-10-18/h2-13,21-22H,1H3. The molecule has 3 aromatic carbocycles. The van der Waals surface area contributed by atoms with Crippen LogP contribution in [0.2, 0.25) is 0 Å². The molecule has 3 aromatic rings. The van der Waals surface area contributed by atoms with E-state index in [-0.39, 0.29) is 15.5 Å². The number of anilines is 2. The van der Waals surface area contributed by atoms with Gasteiger partial charge in [-0.05, 0) is 73.2 Å². The summed E-state index contributed by atoms with van der Waals surface area (Å²) in [5, 5.41) is 0. The Morgan fingerprint density at radius 3 is 1.71 bits per heavy atom. The number of hydrogen-bond acceptors (Lipinski definition) is 4. The first kappa shape index (κ1) is 19.8. The molecule has 28 heavy (non-hydrogen) atoms. The van der Waals surface area contributed by atoms with Crippen LogP contribution in [0.5, 0.6) is 0 Å². The van der Waals surface area contributed by atoms with Crippen molar-refractivity contribution in [1.82, 2.24) is 0 Å². The van der Waals surface area contributed by atoms with Gasteiger partial charge in [-0.1, -0.05) is 12.1 Å². The molecule has 0 spiro atoms.